The molecule has 0 saturated carbocycles. The average Bonchev–Trinajstić information content (AvgIpc) is 2.94. The molecule has 1 aromatic carbocycles. The lowest BCUT2D eigenvalue weighted by atomic mass is 10.0. The monoisotopic (exact) mass is 374 g/mol. The zero-order valence-electron chi connectivity index (χ0n) is 16.2. The molecular formula is C22H22N4O2. The van der Waals surface area contributed by atoms with Gasteiger partial charge in [0.25, 0.3) is 5.56 Å². The molecular weight excluding hydrogens is 352 g/mol. The Balaban J connectivity index is 1.73. The third-order valence-corrected chi connectivity index (χ3v) is 5.16. The Hall–Kier alpha value is -3.28. The Morgan fingerprint density at radius 2 is 1.79 bits per heavy atom. The Kier molecular flexibility index (Phi) is 4.34. The molecule has 0 atom stereocenters. The number of nitrogens with zero attached hydrogens (tertiary/aromatic N) is 4. The molecule has 1 aliphatic rings. The Morgan fingerprint density at radius 1 is 1.11 bits per heavy atom. The highest BCUT2D eigenvalue weighted by atomic mass is 16.1. The van der Waals surface area contributed by atoms with Gasteiger partial charge < -0.3 is 4.90 Å². The number of benzene rings is 1. The van der Waals surface area contributed by atoms with Crippen LogP contribution in [0.2, 0.25) is 0 Å². The molecule has 0 spiro atoms. The highest BCUT2D eigenvalue weighted by molar-refractivity contribution is 5.99. The molecule has 0 unspecified atom stereocenters. The minimum Gasteiger partial charge on any atom is -0.328 e. The van der Waals surface area contributed by atoms with Crippen LogP contribution < -0.4 is 10.5 Å². The number of fused-ring (bicyclic) bond motifs is 1. The van der Waals surface area contributed by atoms with Gasteiger partial charge in [0, 0.05) is 29.6 Å². The van der Waals surface area contributed by atoms with Crippen molar-refractivity contribution in [3.05, 3.63) is 76.3 Å². The summed E-state index contributed by atoms with van der Waals surface area (Å²) in [5.41, 5.74) is 2.67. The molecule has 0 bridgehead atoms. The van der Waals surface area contributed by atoms with Crippen molar-refractivity contribution in [3.8, 4) is 11.3 Å². The van der Waals surface area contributed by atoms with E-state index in [1.165, 1.54) is 0 Å². The maximum Gasteiger partial charge on any atom is 0.255 e. The molecule has 0 fully saturated rings. The Labute approximate surface area is 163 Å². The van der Waals surface area contributed by atoms with E-state index in [1.807, 2.05) is 62.1 Å². The van der Waals surface area contributed by atoms with E-state index in [4.69, 9.17) is 4.98 Å². The molecule has 0 radical (unpaired) electrons. The topological polar surface area (TPSA) is 68.1 Å². The summed E-state index contributed by atoms with van der Waals surface area (Å²) in [5.74, 6) is 0.537. The summed E-state index contributed by atoms with van der Waals surface area (Å²) in [5, 5.41) is 0. The molecule has 0 aliphatic carbocycles. The lowest BCUT2D eigenvalue weighted by molar-refractivity contribution is 0.0993. The number of pyridine rings is 1. The van der Waals surface area contributed by atoms with E-state index in [0.717, 1.165) is 11.1 Å². The molecule has 6 nitrogen and oxygen atoms in total. The minimum atomic E-state index is -0.392. The number of rotatable bonds is 4. The zero-order valence-corrected chi connectivity index (χ0v) is 16.2. The van der Waals surface area contributed by atoms with Crippen LogP contribution >= 0.6 is 0 Å². The molecule has 3 heterocycles. The van der Waals surface area contributed by atoms with E-state index in [-0.39, 0.29) is 17.9 Å². The van der Waals surface area contributed by atoms with Crippen molar-refractivity contribution >= 4 is 11.7 Å². The molecule has 0 N–H and O–H groups in total. The van der Waals surface area contributed by atoms with Gasteiger partial charge in [-0.25, -0.2) is 4.98 Å². The molecule has 0 saturated heterocycles. The Bertz CT molecular complexity index is 1090. The summed E-state index contributed by atoms with van der Waals surface area (Å²) < 4.78 is 1.65. The van der Waals surface area contributed by atoms with Crippen LogP contribution in [0.3, 0.4) is 0 Å². The molecule has 2 aromatic heterocycles. The van der Waals surface area contributed by atoms with E-state index in [0.29, 0.717) is 23.8 Å². The van der Waals surface area contributed by atoms with Gasteiger partial charge in [0.2, 0.25) is 5.95 Å². The quantitative estimate of drug-likeness (QED) is 0.657. The smallest absolute Gasteiger partial charge is 0.255 e. The fraction of sp³-hybridized carbons (Fsp3) is 0.273. The number of ketones is 1. The third-order valence-electron chi connectivity index (χ3n) is 5.16. The molecule has 1 aliphatic heterocycles. The van der Waals surface area contributed by atoms with Crippen LogP contribution in [0.5, 0.6) is 0 Å². The summed E-state index contributed by atoms with van der Waals surface area (Å²) in [4.78, 5) is 36.3. The number of hydrogen-bond donors (Lipinski definition) is 0. The normalized spacial score (nSPS) is 14.8. The molecule has 142 valence electrons. The lowest BCUT2D eigenvalue weighted by Crippen LogP contribution is -2.44. The standard InChI is InChI=1S/C22H22N4O2/c1-15-4-6-17(7-5-15)19(27)13-26-21-24-18(16-8-10-23-11-9-16)12-20(28)25(21)14-22(26,2)3/h4-12H,13-14H2,1-3H3. The fourth-order valence-corrected chi connectivity index (χ4v) is 3.52. The molecule has 3 aromatic rings. The number of aryl methyl sites for hydroxylation is 1. The van der Waals surface area contributed by atoms with Crippen molar-refractivity contribution in [1.82, 2.24) is 14.5 Å². The fourth-order valence-electron chi connectivity index (χ4n) is 3.52. The number of aromatic nitrogens is 3. The molecule has 4 rings (SSSR count). The van der Waals surface area contributed by atoms with Gasteiger partial charge in [0.15, 0.2) is 5.78 Å². The maximum absolute atomic E-state index is 12.9. The van der Waals surface area contributed by atoms with Crippen LogP contribution in [-0.2, 0) is 6.54 Å². The minimum absolute atomic E-state index is 0.00471. The summed E-state index contributed by atoms with van der Waals surface area (Å²) in [6, 6.07) is 12.7. The van der Waals surface area contributed by atoms with Gasteiger partial charge in [-0.1, -0.05) is 29.8 Å². The van der Waals surface area contributed by atoms with Crippen molar-refractivity contribution in [3.63, 3.8) is 0 Å². The first-order chi connectivity index (χ1) is 13.3. The van der Waals surface area contributed by atoms with Gasteiger partial charge in [-0.05, 0) is 32.9 Å². The first kappa shape index (κ1) is 18.1. The summed E-state index contributed by atoms with van der Waals surface area (Å²) in [7, 11) is 0. The first-order valence-corrected chi connectivity index (χ1v) is 9.25. The highest BCUT2D eigenvalue weighted by Gasteiger charge is 2.39. The van der Waals surface area contributed by atoms with E-state index in [1.54, 1.807) is 23.0 Å². The van der Waals surface area contributed by atoms with Crippen LogP contribution in [0.4, 0.5) is 5.95 Å². The van der Waals surface area contributed by atoms with E-state index in [2.05, 4.69) is 4.98 Å². The van der Waals surface area contributed by atoms with Crippen molar-refractivity contribution in [2.75, 3.05) is 11.4 Å². The third kappa shape index (κ3) is 3.22. The van der Waals surface area contributed by atoms with Gasteiger partial charge in [0.05, 0.1) is 24.3 Å². The second-order valence-corrected chi connectivity index (χ2v) is 7.79. The maximum atomic E-state index is 12.9. The second kappa shape index (κ2) is 6.71. The Morgan fingerprint density at radius 3 is 2.46 bits per heavy atom. The van der Waals surface area contributed by atoms with Gasteiger partial charge in [0.1, 0.15) is 0 Å². The SMILES string of the molecule is Cc1ccc(C(=O)CN2c3nc(-c4ccncc4)cc(=O)n3CC2(C)C)cc1. The van der Waals surface area contributed by atoms with Crippen LogP contribution in [-0.4, -0.2) is 32.4 Å². The van der Waals surface area contributed by atoms with Crippen LogP contribution in [0.15, 0.2) is 59.7 Å². The van der Waals surface area contributed by atoms with Crippen LogP contribution in [0.1, 0.15) is 29.8 Å². The summed E-state index contributed by atoms with van der Waals surface area (Å²) >= 11 is 0. The van der Waals surface area contributed by atoms with Crippen molar-refractivity contribution < 1.29 is 4.79 Å². The van der Waals surface area contributed by atoms with Gasteiger partial charge >= 0.3 is 0 Å². The van der Waals surface area contributed by atoms with E-state index < -0.39 is 5.54 Å². The lowest BCUT2D eigenvalue weighted by Gasteiger charge is -2.31. The van der Waals surface area contributed by atoms with Gasteiger partial charge in [-0.3, -0.25) is 19.1 Å². The first-order valence-electron chi connectivity index (χ1n) is 9.25. The summed E-state index contributed by atoms with van der Waals surface area (Å²) in [6.07, 6.45) is 3.34. The van der Waals surface area contributed by atoms with Crippen molar-refractivity contribution in [2.45, 2.75) is 32.9 Å². The predicted octanol–water partition coefficient (Wildman–Crippen LogP) is 3.10. The predicted molar refractivity (Wildman–Crippen MR) is 109 cm³/mol. The van der Waals surface area contributed by atoms with Crippen LogP contribution in [0, 0.1) is 6.92 Å². The molecule has 6 heteroatoms. The second-order valence-electron chi connectivity index (χ2n) is 7.79. The molecule has 28 heavy (non-hydrogen) atoms. The van der Waals surface area contributed by atoms with Gasteiger partial charge in [-0.2, -0.15) is 0 Å². The number of carbonyl (C=O) groups excluding carboxylic acids is 1. The van der Waals surface area contributed by atoms with Crippen LogP contribution in [0.25, 0.3) is 11.3 Å². The number of hydrogen-bond acceptors (Lipinski definition) is 5. The highest BCUT2D eigenvalue weighted by Crippen LogP contribution is 2.32. The number of Topliss-reactive ketones (excluding diaryl/α,β-unsaturated/α-hetero) is 1. The number of anilines is 1. The largest absolute Gasteiger partial charge is 0.328 e. The van der Waals surface area contributed by atoms with Gasteiger partial charge in [-0.15, -0.1) is 0 Å². The van der Waals surface area contributed by atoms with Crippen molar-refractivity contribution in [1.29, 1.82) is 0 Å². The zero-order chi connectivity index (χ0) is 19.9. The summed E-state index contributed by atoms with van der Waals surface area (Å²) in [6.45, 7) is 6.70. The average molecular weight is 374 g/mol. The number of carbonyl (C=O) groups is 1. The van der Waals surface area contributed by atoms with Crippen molar-refractivity contribution in [2.24, 2.45) is 0 Å². The van der Waals surface area contributed by atoms with E-state index >= 15 is 0 Å². The van der Waals surface area contributed by atoms with E-state index in [9.17, 15) is 9.59 Å². The molecule has 0 amide bonds.